The molecule has 0 spiro atoms. The predicted molar refractivity (Wildman–Crippen MR) is 129 cm³/mol. The van der Waals surface area contributed by atoms with Crippen molar-refractivity contribution in [3.8, 4) is 16.9 Å². The molecule has 0 bridgehead atoms. The van der Waals surface area contributed by atoms with Crippen molar-refractivity contribution in [3.63, 3.8) is 0 Å². The third-order valence-corrected chi connectivity index (χ3v) is 5.76. The molecule has 34 heavy (non-hydrogen) atoms. The smallest absolute Gasteiger partial charge is 0.309 e. The van der Waals surface area contributed by atoms with Crippen molar-refractivity contribution in [1.29, 1.82) is 0 Å². The van der Waals surface area contributed by atoms with Crippen LogP contribution in [0.2, 0.25) is 0 Å². The summed E-state index contributed by atoms with van der Waals surface area (Å²) in [5.74, 6) is 0.149. The van der Waals surface area contributed by atoms with Gasteiger partial charge in [-0.15, -0.1) is 0 Å². The summed E-state index contributed by atoms with van der Waals surface area (Å²) in [6, 6.07) is 14.1. The summed E-state index contributed by atoms with van der Waals surface area (Å²) in [5, 5.41) is 9.95. The number of cyclic esters (lactones) is 1. The Kier molecular flexibility index (Phi) is 7.38. The molecular formula is C28H28FNO4. The first-order chi connectivity index (χ1) is 16.4. The normalized spacial score (nSPS) is 18.3. The average Bonchev–Trinajstić information content (AvgIpc) is 2.82. The fraction of sp³-hybridized carbons (Fsp3) is 0.286. The number of carbonyl (C=O) groups is 1. The lowest BCUT2D eigenvalue weighted by Crippen LogP contribution is -2.31. The quantitative estimate of drug-likeness (QED) is 0.459. The second-order valence-electron chi connectivity index (χ2n) is 8.77. The van der Waals surface area contributed by atoms with E-state index in [2.05, 4.69) is 18.8 Å². The van der Waals surface area contributed by atoms with E-state index in [-0.39, 0.29) is 18.2 Å². The Bertz CT molecular complexity index is 1160. The first kappa shape index (κ1) is 23.6. The van der Waals surface area contributed by atoms with Crippen LogP contribution in [0.3, 0.4) is 0 Å². The first-order valence-corrected chi connectivity index (χ1v) is 11.4. The van der Waals surface area contributed by atoms with Crippen LogP contribution < -0.4 is 4.74 Å². The SMILES string of the molecule is CC(C)c1cc(OCc2cccnc2)cc(-c2ccc(F)cc2)c1C=CC1CC(O)CC(=O)O1. The lowest BCUT2D eigenvalue weighted by molar-refractivity contribution is -0.156. The Morgan fingerprint density at radius 2 is 2.03 bits per heavy atom. The molecule has 6 heteroatoms. The van der Waals surface area contributed by atoms with Gasteiger partial charge in [-0.3, -0.25) is 9.78 Å². The predicted octanol–water partition coefficient (Wildman–Crippen LogP) is 5.67. The molecule has 0 aliphatic carbocycles. The molecule has 1 saturated heterocycles. The van der Waals surface area contributed by atoms with Crippen LogP contribution in [0.1, 0.15) is 49.3 Å². The van der Waals surface area contributed by atoms with Crippen LogP contribution in [0.15, 0.2) is 67.0 Å². The van der Waals surface area contributed by atoms with Gasteiger partial charge in [-0.1, -0.05) is 38.1 Å². The first-order valence-electron chi connectivity index (χ1n) is 11.4. The van der Waals surface area contributed by atoms with E-state index in [0.29, 0.717) is 18.8 Å². The standard InChI is InChI=1S/C28H28FNO4/c1-18(2)26-14-24(33-17-19-4-3-11-30-16-19)15-27(20-5-7-21(29)8-6-20)25(26)10-9-23-12-22(31)13-28(32)34-23/h3-11,14-16,18,22-23,31H,12-13,17H2,1-2H3. The molecule has 2 unspecified atom stereocenters. The van der Waals surface area contributed by atoms with Crippen molar-refractivity contribution < 1.29 is 23.8 Å². The molecule has 1 aliphatic heterocycles. The molecule has 2 heterocycles. The van der Waals surface area contributed by atoms with E-state index in [9.17, 15) is 14.3 Å². The molecule has 2 atom stereocenters. The van der Waals surface area contributed by atoms with Gasteiger partial charge in [0.15, 0.2) is 0 Å². The number of halogens is 1. The highest BCUT2D eigenvalue weighted by atomic mass is 19.1. The number of esters is 1. The third-order valence-electron chi connectivity index (χ3n) is 5.76. The van der Waals surface area contributed by atoms with Crippen LogP contribution in [-0.2, 0) is 16.1 Å². The van der Waals surface area contributed by atoms with Crippen molar-refractivity contribution in [2.24, 2.45) is 0 Å². The zero-order valence-corrected chi connectivity index (χ0v) is 19.3. The largest absolute Gasteiger partial charge is 0.489 e. The molecule has 1 aromatic heterocycles. The monoisotopic (exact) mass is 461 g/mol. The Labute approximate surface area is 198 Å². The lowest BCUT2D eigenvalue weighted by atomic mass is 9.89. The molecule has 0 radical (unpaired) electrons. The zero-order chi connectivity index (χ0) is 24.1. The summed E-state index contributed by atoms with van der Waals surface area (Å²) in [5.41, 5.74) is 4.66. The fourth-order valence-corrected chi connectivity index (χ4v) is 4.04. The fourth-order valence-electron chi connectivity index (χ4n) is 4.04. The third kappa shape index (κ3) is 5.88. The van der Waals surface area contributed by atoms with Gasteiger partial charge in [0.05, 0.1) is 12.5 Å². The van der Waals surface area contributed by atoms with Crippen LogP contribution in [0.4, 0.5) is 4.39 Å². The number of hydrogen-bond acceptors (Lipinski definition) is 5. The lowest BCUT2D eigenvalue weighted by Gasteiger charge is -2.24. The molecule has 0 amide bonds. The summed E-state index contributed by atoms with van der Waals surface area (Å²) >= 11 is 0. The summed E-state index contributed by atoms with van der Waals surface area (Å²) < 4.78 is 25.1. The molecule has 1 N–H and O–H groups in total. The number of nitrogens with zero attached hydrogens (tertiary/aromatic N) is 1. The van der Waals surface area contributed by atoms with Crippen LogP contribution in [-0.4, -0.2) is 28.3 Å². The van der Waals surface area contributed by atoms with Crippen molar-refractivity contribution in [3.05, 3.63) is 89.5 Å². The Morgan fingerprint density at radius 3 is 2.71 bits per heavy atom. The highest BCUT2D eigenvalue weighted by Crippen LogP contribution is 2.36. The number of aliphatic hydroxyl groups is 1. The van der Waals surface area contributed by atoms with Gasteiger partial charge in [0.25, 0.3) is 0 Å². The minimum absolute atomic E-state index is 0.0192. The maximum absolute atomic E-state index is 13.6. The van der Waals surface area contributed by atoms with E-state index in [1.807, 2.05) is 36.4 Å². The van der Waals surface area contributed by atoms with Gasteiger partial charge >= 0.3 is 5.97 Å². The number of carbonyl (C=O) groups excluding carboxylic acids is 1. The number of pyridine rings is 1. The molecule has 3 aromatic rings. The van der Waals surface area contributed by atoms with Gasteiger partial charge < -0.3 is 14.6 Å². The van der Waals surface area contributed by atoms with Gasteiger partial charge in [0, 0.05) is 24.4 Å². The number of benzene rings is 2. The van der Waals surface area contributed by atoms with Gasteiger partial charge in [0.2, 0.25) is 0 Å². The van der Waals surface area contributed by atoms with Crippen LogP contribution in [0.5, 0.6) is 5.75 Å². The highest BCUT2D eigenvalue weighted by Gasteiger charge is 2.25. The number of aromatic nitrogens is 1. The van der Waals surface area contributed by atoms with Crippen molar-refractivity contribution in [2.75, 3.05) is 0 Å². The van der Waals surface area contributed by atoms with E-state index in [0.717, 1.165) is 27.8 Å². The number of ether oxygens (including phenoxy) is 2. The van der Waals surface area contributed by atoms with E-state index < -0.39 is 18.2 Å². The summed E-state index contributed by atoms with van der Waals surface area (Å²) in [6.07, 6.45) is 6.39. The second-order valence-corrected chi connectivity index (χ2v) is 8.77. The number of rotatable bonds is 7. The van der Waals surface area contributed by atoms with Crippen molar-refractivity contribution >= 4 is 12.0 Å². The average molecular weight is 462 g/mol. The molecule has 176 valence electrons. The molecule has 0 saturated carbocycles. The Hall–Kier alpha value is -3.51. The van der Waals surface area contributed by atoms with Gasteiger partial charge in [-0.25, -0.2) is 4.39 Å². The van der Waals surface area contributed by atoms with E-state index in [1.165, 1.54) is 12.1 Å². The second kappa shape index (κ2) is 10.6. The Balaban J connectivity index is 1.73. The van der Waals surface area contributed by atoms with Crippen molar-refractivity contribution in [2.45, 2.75) is 51.4 Å². The molecule has 1 fully saturated rings. The molecule has 2 aromatic carbocycles. The Morgan fingerprint density at radius 1 is 1.24 bits per heavy atom. The maximum Gasteiger partial charge on any atom is 0.309 e. The van der Waals surface area contributed by atoms with E-state index in [4.69, 9.17) is 9.47 Å². The highest BCUT2D eigenvalue weighted by molar-refractivity contribution is 5.79. The van der Waals surface area contributed by atoms with Gasteiger partial charge in [-0.05, 0) is 64.6 Å². The summed E-state index contributed by atoms with van der Waals surface area (Å²) in [6.45, 7) is 4.56. The van der Waals surface area contributed by atoms with Crippen LogP contribution in [0.25, 0.3) is 17.2 Å². The van der Waals surface area contributed by atoms with Crippen LogP contribution in [0, 0.1) is 5.82 Å². The van der Waals surface area contributed by atoms with Crippen molar-refractivity contribution in [1.82, 2.24) is 4.98 Å². The topological polar surface area (TPSA) is 68.7 Å². The molecular weight excluding hydrogens is 433 g/mol. The summed E-state index contributed by atoms with van der Waals surface area (Å²) in [7, 11) is 0. The molecule has 1 aliphatic rings. The van der Waals surface area contributed by atoms with Crippen LogP contribution >= 0.6 is 0 Å². The minimum atomic E-state index is -0.708. The van der Waals surface area contributed by atoms with E-state index in [1.54, 1.807) is 24.5 Å². The van der Waals surface area contributed by atoms with E-state index >= 15 is 0 Å². The van der Waals surface area contributed by atoms with Gasteiger partial charge in [0.1, 0.15) is 24.3 Å². The molecule has 4 rings (SSSR count). The number of hydrogen-bond donors (Lipinski definition) is 1. The summed E-state index contributed by atoms with van der Waals surface area (Å²) in [4.78, 5) is 15.9. The maximum atomic E-state index is 13.6. The number of aliphatic hydroxyl groups excluding tert-OH is 1. The minimum Gasteiger partial charge on any atom is -0.489 e. The molecule has 5 nitrogen and oxygen atoms in total. The zero-order valence-electron chi connectivity index (χ0n) is 19.3. The van der Waals surface area contributed by atoms with Gasteiger partial charge in [-0.2, -0.15) is 0 Å².